The van der Waals surface area contributed by atoms with Gasteiger partial charge in [0.2, 0.25) is 0 Å². The van der Waals surface area contributed by atoms with Crippen LogP contribution in [0.15, 0.2) is 64.5 Å². The van der Waals surface area contributed by atoms with E-state index in [4.69, 9.17) is 10.5 Å². The Kier molecular flexibility index (Phi) is 6.72. The molecule has 0 radical (unpaired) electrons. The minimum atomic E-state index is -0.378. The first kappa shape index (κ1) is 22.8. The maximum absolute atomic E-state index is 13.0. The molecule has 5 N–H and O–H groups in total. The van der Waals surface area contributed by atoms with Crippen LogP contribution in [0.5, 0.6) is 0 Å². The van der Waals surface area contributed by atoms with E-state index < -0.39 is 0 Å². The topological polar surface area (TPSA) is 152 Å². The van der Waals surface area contributed by atoms with Crippen molar-refractivity contribution >= 4 is 23.1 Å². The third-order valence-electron chi connectivity index (χ3n) is 4.90. The molecule has 1 aliphatic heterocycles. The zero-order valence-electron chi connectivity index (χ0n) is 18.9. The standard InChI is InChI=1S/C23H26N8O3/c1-14(2)12-28-22(32)16-13-27-21(30-16)18-19(34-11-9-26-18)20(24)29-15-6-5-10-31(23(15)33)17-7-3-4-8-25-17/h3-8,10,13-14,26H,9,11-12H2,1-2H3,(H2,24,29)(H,27,30)(H,28,32). The van der Waals surface area contributed by atoms with E-state index in [2.05, 4.69) is 30.6 Å². The number of H-pyrrole nitrogens is 1. The van der Waals surface area contributed by atoms with Crippen molar-refractivity contribution in [2.45, 2.75) is 13.8 Å². The molecular weight excluding hydrogens is 436 g/mol. The van der Waals surface area contributed by atoms with Crippen LogP contribution in [0.4, 0.5) is 5.69 Å². The Morgan fingerprint density at radius 2 is 2.15 bits per heavy atom. The lowest BCUT2D eigenvalue weighted by molar-refractivity contribution is 0.0944. The molecule has 0 saturated heterocycles. The maximum Gasteiger partial charge on any atom is 0.282 e. The van der Waals surface area contributed by atoms with E-state index in [0.717, 1.165) is 0 Å². The summed E-state index contributed by atoms with van der Waals surface area (Å²) in [5.41, 5.74) is 6.77. The van der Waals surface area contributed by atoms with E-state index in [0.29, 0.717) is 48.6 Å². The van der Waals surface area contributed by atoms with Gasteiger partial charge < -0.3 is 26.1 Å². The minimum Gasteiger partial charge on any atom is -0.486 e. The zero-order valence-corrected chi connectivity index (χ0v) is 18.9. The van der Waals surface area contributed by atoms with E-state index in [-0.39, 0.29) is 28.7 Å². The molecule has 0 fully saturated rings. The fraction of sp³-hybridized carbons (Fsp3) is 0.261. The molecule has 1 amide bonds. The molecule has 0 saturated carbocycles. The first-order valence-corrected chi connectivity index (χ1v) is 10.9. The Hall–Kier alpha value is -4.41. The normalized spacial score (nSPS) is 14.0. The smallest absolute Gasteiger partial charge is 0.282 e. The molecule has 34 heavy (non-hydrogen) atoms. The van der Waals surface area contributed by atoms with Crippen molar-refractivity contribution in [1.82, 2.24) is 30.2 Å². The number of nitrogens with two attached hydrogens (primary N) is 1. The molecule has 11 nitrogen and oxygen atoms in total. The van der Waals surface area contributed by atoms with Crippen LogP contribution in [0.2, 0.25) is 0 Å². The number of hydrogen-bond donors (Lipinski definition) is 4. The van der Waals surface area contributed by atoms with Crippen LogP contribution >= 0.6 is 0 Å². The number of hydrogen-bond acceptors (Lipinski definition) is 7. The van der Waals surface area contributed by atoms with Crippen LogP contribution in [0.3, 0.4) is 0 Å². The number of aromatic amines is 1. The summed E-state index contributed by atoms with van der Waals surface area (Å²) in [7, 11) is 0. The second-order valence-electron chi connectivity index (χ2n) is 7.98. The lowest BCUT2D eigenvalue weighted by Gasteiger charge is -2.21. The van der Waals surface area contributed by atoms with Gasteiger partial charge in [-0.05, 0) is 30.2 Å². The Labute approximate surface area is 195 Å². The summed E-state index contributed by atoms with van der Waals surface area (Å²) in [6.45, 7) is 5.44. The van der Waals surface area contributed by atoms with Crippen LogP contribution in [-0.4, -0.2) is 51.0 Å². The number of rotatable bonds is 7. The number of carbonyl (C=O) groups is 1. The lowest BCUT2D eigenvalue weighted by Crippen LogP contribution is -2.32. The molecule has 0 spiro atoms. The number of carbonyl (C=O) groups excluding carboxylic acids is 1. The number of pyridine rings is 2. The highest BCUT2D eigenvalue weighted by atomic mass is 16.5. The van der Waals surface area contributed by atoms with Crippen LogP contribution in [0.1, 0.15) is 30.2 Å². The van der Waals surface area contributed by atoms with Crippen molar-refractivity contribution in [3.8, 4) is 5.82 Å². The molecule has 0 unspecified atom stereocenters. The Morgan fingerprint density at radius 3 is 2.91 bits per heavy atom. The van der Waals surface area contributed by atoms with Gasteiger partial charge in [0.05, 0.1) is 6.20 Å². The summed E-state index contributed by atoms with van der Waals surface area (Å²) in [6.07, 6.45) is 4.66. The van der Waals surface area contributed by atoms with Gasteiger partial charge in [0, 0.05) is 25.5 Å². The van der Waals surface area contributed by atoms with Crippen molar-refractivity contribution in [2.24, 2.45) is 16.6 Å². The molecule has 0 aliphatic carbocycles. The molecule has 4 rings (SSSR count). The van der Waals surface area contributed by atoms with Gasteiger partial charge in [0.25, 0.3) is 11.5 Å². The van der Waals surface area contributed by atoms with Gasteiger partial charge in [-0.25, -0.2) is 15.0 Å². The van der Waals surface area contributed by atoms with Crippen LogP contribution in [-0.2, 0) is 4.74 Å². The van der Waals surface area contributed by atoms with E-state index in [1.165, 1.54) is 10.8 Å². The van der Waals surface area contributed by atoms with Gasteiger partial charge in [-0.3, -0.25) is 14.2 Å². The number of imidazole rings is 1. The second-order valence-corrected chi connectivity index (χ2v) is 7.98. The van der Waals surface area contributed by atoms with Crippen molar-refractivity contribution in [2.75, 3.05) is 19.7 Å². The van der Waals surface area contributed by atoms with Crippen molar-refractivity contribution in [3.05, 3.63) is 76.6 Å². The first-order valence-electron chi connectivity index (χ1n) is 10.9. The van der Waals surface area contributed by atoms with Crippen LogP contribution < -0.4 is 21.9 Å². The van der Waals surface area contributed by atoms with Gasteiger partial charge in [-0.15, -0.1) is 0 Å². The first-order chi connectivity index (χ1) is 16.4. The lowest BCUT2D eigenvalue weighted by atomic mass is 10.2. The summed E-state index contributed by atoms with van der Waals surface area (Å²) < 4.78 is 7.15. The summed E-state index contributed by atoms with van der Waals surface area (Å²) in [6, 6.07) is 8.53. The highest BCUT2D eigenvalue weighted by molar-refractivity contribution is 6.03. The van der Waals surface area contributed by atoms with E-state index in [1.54, 1.807) is 42.7 Å². The zero-order chi connectivity index (χ0) is 24.1. The molecule has 1 aliphatic rings. The number of nitrogens with zero attached hydrogens (tertiary/aromatic N) is 4. The predicted octanol–water partition coefficient (Wildman–Crippen LogP) is 1.32. The second kappa shape index (κ2) is 10.0. The minimum absolute atomic E-state index is 0.000259. The van der Waals surface area contributed by atoms with Crippen molar-refractivity contribution < 1.29 is 9.53 Å². The van der Waals surface area contributed by atoms with E-state index in [9.17, 15) is 9.59 Å². The van der Waals surface area contributed by atoms with E-state index >= 15 is 0 Å². The van der Waals surface area contributed by atoms with Gasteiger partial charge in [0.15, 0.2) is 17.4 Å². The Balaban J connectivity index is 1.66. The maximum atomic E-state index is 13.0. The van der Waals surface area contributed by atoms with Gasteiger partial charge in [-0.1, -0.05) is 19.9 Å². The SMILES string of the molecule is CC(C)CNC(=O)c1cnc(C2=C(C(N)=Nc3cccn(-c4ccccn4)c3=O)OCCN2)[nH]1. The monoisotopic (exact) mass is 462 g/mol. The fourth-order valence-corrected chi connectivity index (χ4v) is 3.26. The van der Waals surface area contributed by atoms with Crippen LogP contribution in [0.25, 0.3) is 11.5 Å². The average molecular weight is 463 g/mol. The summed E-state index contributed by atoms with van der Waals surface area (Å²) in [5, 5.41) is 6.02. The van der Waals surface area contributed by atoms with E-state index in [1.807, 2.05) is 13.8 Å². The largest absolute Gasteiger partial charge is 0.486 e. The number of amides is 1. The molecule has 176 valence electrons. The Morgan fingerprint density at radius 1 is 1.29 bits per heavy atom. The fourth-order valence-electron chi connectivity index (χ4n) is 3.26. The highest BCUT2D eigenvalue weighted by Crippen LogP contribution is 2.19. The number of aliphatic imine (C=N–C) groups is 1. The van der Waals surface area contributed by atoms with Gasteiger partial charge in [-0.2, -0.15) is 0 Å². The third-order valence-corrected chi connectivity index (χ3v) is 4.90. The third kappa shape index (κ3) is 4.98. The molecule has 4 heterocycles. The molecule has 0 atom stereocenters. The molecule has 0 bridgehead atoms. The molecule has 3 aromatic rings. The van der Waals surface area contributed by atoms with Crippen LogP contribution in [0, 0.1) is 5.92 Å². The predicted molar refractivity (Wildman–Crippen MR) is 128 cm³/mol. The number of aromatic nitrogens is 4. The number of amidine groups is 1. The Bertz CT molecular complexity index is 1290. The quantitative estimate of drug-likeness (QED) is 0.305. The summed E-state index contributed by atoms with van der Waals surface area (Å²) in [5.74, 6) is 1.15. The number of nitrogens with one attached hydrogen (secondary N) is 3. The number of ether oxygens (including phenoxy) is 1. The van der Waals surface area contributed by atoms with Crippen molar-refractivity contribution in [3.63, 3.8) is 0 Å². The summed E-state index contributed by atoms with van der Waals surface area (Å²) in [4.78, 5) is 41.1. The van der Waals surface area contributed by atoms with Crippen molar-refractivity contribution in [1.29, 1.82) is 0 Å². The molecule has 11 heteroatoms. The van der Waals surface area contributed by atoms with Gasteiger partial charge >= 0.3 is 0 Å². The highest BCUT2D eigenvalue weighted by Gasteiger charge is 2.22. The molecule has 0 aromatic carbocycles. The molecular formula is C23H26N8O3. The summed E-state index contributed by atoms with van der Waals surface area (Å²) >= 11 is 0. The molecule has 3 aromatic heterocycles. The average Bonchev–Trinajstić information content (AvgIpc) is 3.35. The van der Waals surface area contributed by atoms with Gasteiger partial charge in [0.1, 0.15) is 29.5 Å².